The summed E-state index contributed by atoms with van der Waals surface area (Å²) in [6.07, 6.45) is 1.04. The van der Waals surface area contributed by atoms with Crippen LogP contribution in [0.2, 0.25) is 0 Å². The van der Waals surface area contributed by atoms with Crippen LogP contribution in [0.3, 0.4) is 0 Å². The number of quaternary nitrogens is 1. The Hall–Kier alpha value is -1.98. The van der Waals surface area contributed by atoms with Crippen LogP contribution in [0.25, 0.3) is 0 Å². The first kappa shape index (κ1) is 18.4. The maximum absolute atomic E-state index is 13.7. The normalized spacial score (nSPS) is 12.0. The number of anilines is 1. The number of halogens is 1. The van der Waals surface area contributed by atoms with Gasteiger partial charge in [-0.05, 0) is 36.3 Å². The third kappa shape index (κ3) is 5.01. The smallest absolute Gasteiger partial charge is 0.171 e. The van der Waals surface area contributed by atoms with Gasteiger partial charge < -0.3 is 15.5 Å². The predicted octanol–water partition coefficient (Wildman–Crippen LogP) is 2.56. The Kier molecular flexibility index (Phi) is 6.70. The fourth-order valence-electron chi connectivity index (χ4n) is 2.56. The maximum Gasteiger partial charge on any atom is 0.171 e. The molecule has 0 amide bonds. The van der Waals surface area contributed by atoms with E-state index in [0.717, 1.165) is 6.42 Å². The zero-order valence-electron chi connectivity index (χ0n) is 14.4. The summed E-state index contributed by atoms with van der Waals surface area (Å²) in [5, 5.41) is 6.54. The van der Waals surface area contributed by atoms with Crippen molar-refractivity contribution in [2.24, 2.45) is 0 Å². The van der Waals surface area contributed by atoms with Crippen molar-refractivity contribution in [3.63, 3.8) is 0 Å². The Bertz CT molecular complexity index is 671. The molecule has 1 atom stereocenters. The largest absolute Gasteiger partial charge is 0.356 e. The molecule has 0 saturated carbocycles. The van der Waals surface area contributed by atoms with Crippen LogP contribution in [-0.2, 0) is 6.42 Å². The van der Waals surface area contributed by atoms with E-state index in [0.29, 0.717) is 17.3 Å². The van der Waals surface area contributed by atoms with Crippen LogP contribution in [-0.4, -0.2) is 25.8 Å². The highest BCUT2D eigenvalue weighted by atomic mass is 32.1. The fourth-order valence-corrected chi connectivity index (χ4v) is 2.76. The molecule has 0 aliphatic rings. The molecule has 0 bridgehead atoms. The first-order chi connectivity index (χ1) is 11.5. The Labute approximate surface area is 148 Å². The molecule has 0 saturated heterocycles. The Morgan fingerprint density at radius 2 is 1.79 bits per heavy atom. The van der Waals surface area contributed by atoms with Gasteiger partial charge in [-0.1, -0.05) is 43.3 Å². The van der Waals surface area contributed by atoms with Crippen molar-refractivity contribution in [1.29, 1.82) is 0 Å². The lowest BCUT2D eigenvalue weighted by Gasteiger charge is -2.23. The molecule has 2 rings (SSSR count). The van der Waals surface area contributed by atoms with Gasteiger partial charge in [0.25, 0.3) is 0 Å². The third-order valence-corrected chi connectivity index (χ3v) is 4.32. The number of aryl methyl sites for hydroxylation is 1. The quantitative estimate of drug-likeness (QED) is 0.702. The number of para-hydroxylation sites is 1. The van der Waals surface area contributed by atoms with E-state index in [1.807, 2.05) is 0 Å². The summed E-state index contributed by atoms with van der Waals surface area (Å²) in [6.45, 7) is 2.83. The number of likely N-dealkylation sites (N-methyl/N-ethyl adjacent to an activating group) is 1. The molecule has 3 N–H and O–H groups in total. The van der Waals surface area contributed by atoms with E-state index in [4.69, 9.17) is 12.2 Å². The second-order valence-electron chi connectivity index (χ2n) is 6.04. The van der Waals surface area contributed by atoms with Gasteiger partial charge in [-0.25, -0.2) is 4.39 Å². The molecule has 0 fully saturated rings. The summed E-state index contributed by atoms with van der Waals surface area (Å²) in [5.74, 6) is -0.313. The van der Waals surface area contributed by atoms with Crippen LogP contribution >= 0.6 is 12.2 Å². The number of rotatable bonds is 6. The summed E-state index contributed by atoms with van der Waals surface area (Å²) < 4.78 is 13.7. The molecule has 0 unspecified atom stereocenters. The first-order valence-electron chi connectivity index (χ1n) is 8.19. The van der Waals surface area contributed by atoms with E-state index in [-0.39, 0.29) is 11.9 Å². The molecular formula is C19H25FN3S+. The average Bonchev–Trinajstić information content (AvgIpc) is 2.57. The van der Waals surface area contributed by atoms with Crippen molar-refractivity contribution in [2.75, 3.05) is 26.0 Å². The van der Waals surface area contributed by atoms with E-state index < -0.39 is 0 Å². The van der Waals surface area contributed by atoms with Crippen LogP contribution in [0.15, 0.2) is 48.5 Å². The van der Waals surface area contributed by atoms with Crippen molar-refractivity contribution < 1.29 is 9.29 Å². The van der Waals surface area contributed by atoms with Gasteiger partial charge in [0.15, 0.2) is 5.11 Å². The molecule has 0 aromatic heterocycles. The van der Waals surface area contributed by atoms with Gasteiger partial charge in [0.2, 0.25) is 0 Å². The highest BCUT2D eigenvalue weighted by Gasteiger charge is 2.18. The van der Waals surface area contributed by atoms with Gasteiger partial charge >= 0.3 is 0 Å². The number of nitrogens with one attached hydrogen (secondary N) is 3. The van der Waals surface area contributed by atoms with E-state index >= 15 is 0 Å². The topological polar surface area (TPSA) is 28.5 Å². The van der Waals surface area contributed by atoms with E-state index in [9.17, 15) is 4.39 Å². The standard InChI is InChI=1S/C19H24FN3S/c1-4-14-9-11-15(12-10-14)18(23(2)3)13-21-19(24)22-17-8-6-5-7-16(17)20/h5-12,18H,4,13H2,1-3H3,(H2,21,22,24)/p+1/t18-/m0/s1. The Morgan fingerprint density at radius 3 is 2.38 bits per heavy atom. The summed E-state index contributed by atoms with van der Waals surface area (Å²) in [7, 11) is 4.24. The number of hydrogen-bond donors (Lipinski definition) is 3. The van der Waals surface area contributed by atoms with Crippen LogP contribution in [0.4, 0.5) is 10.1 Å². The van der Waals surface area contributed by atoms with Crippen LogP contribution in [0.5, 0.6) is 0 Å². The fraction of sp³-hybridized carbons (Fsp3) is 0.316. The van der Waals surface area contributed by atoms with E-state index in [2.05, 4.69) is 55.9 Å². The minimum absolute atomic E-state index is 0.260. The highest BCUT2D eigenvalue weighted by molar-refractivity contribution is 7.80. The van der Waals surface area contributed by atoms with E-state index in [1.54, 1.807) is 18.2 Å². The summed E-state index contributed by atoms with van der Waals surface area (Å²) in [6, 6.07) is 15.4. The monoisotopic (exact) mass is 346 g/mol. The van der Waals surface area contributed by atoms with Crippen molar-refractivity contribution in [1.82, 2.24) is 5.32 Å². The van der Waals surface area contributed by atoms with E-state index in [1.165, 1.54) is 22.1 Å². The van der Waals surface area contributed by atoms with Gasteiger partial charge in [0, 0.05) is 5.56 Å². The maximum atomic E-state index is 13.7. The van der Waals surface area contributed by atoms with Gasteiger partial charge in [-0.2, -0.15) is 0 Å². The van der Waals surface area contributed by atoms with Gasteiger partial charge in [0.1, 0.15) is 11.9 Å². The van der Waals surface area contributed by atoms with Crippen molar-refractivity contribution in [2.45, 2.75) is 19.4 Å². The average molecular weight is 346 g/mol. The minimum Gasteiger partial charge on any atom is -0.356 e. The SMILES string of the molecule is CCc1ccc([C@H](CNC(=S)Nc2ccccc2F)[NH+](C)C)cc1. The van der Waals surface area contributed by atoms with Gasteiger partial charge in [-0.15, -0.1) is 0 Å². The van der Waals surface area contributed by atoms with Crippen LogP contribution in [0.1, 0.15) is 24.1 Å². The predicted molar refractivity (Wildman–Crippen MR) is 102 cm³/mol. The molecule has 5 heteroatoms. The van der Waals surface area contributed by atoms with Gasteiger partial charge in [-0.3, -0.25) is 0 Å². The Morgan fingerprint density at radius 1 is 1.12 bits per heavy atom. The molecule has 2 aromatic rings. The van der Waals surface area contributed by atoms with Crippen molar-refractivity contribution in [3.8, 4) is 0 Å². The van der Waals surface area contributed by atoms with Crippen molar-refractivity contribution in [3.05, 3.63) is 65.5 Å². The lowest BCUT2D eigenvalue weighted by atomic mass is 10.0. The zero-order valence-corrected chi connectivity index (χ0v) is 15.2. The molecule has 128 valence electrons. The van der Waals surface area contributed by atoms with Gasteiger partial charge in [0.05, 0.1) is 26.3 Å². The van der Waals surface area contributed by atoms with Crippen LogP contribution in [0, 0.1) is 5.82 Å². The molecular weight excluding hydrogens is 321 g/mol. The summed E-state index contributed by atoms with van der Waals surface area (Å²) in [5.41, 5.74) is 2.97. The first-order valence-corrected chi connectivity index (χ1v) is 8.60. The van der Waals surface area contributed by atoms with Crippen molar-refractivity contribution >= 4 is 23.0 Å². The molecule has 0 aliphatic carbocycles. The molecule has 2 aromatic carbocycles. The second kappa shape index (κ2) is 8.76. The molecule has 24 heavy (non-hydrogen) atoms. The number of benzene rings is 2. The lowest BCUT2D eigenvalue weighted by Crippen LogP contribution is -3.07. The molecule has 0 radical (unpaired) electrons. The van der Waals surface area contributed by atoms with Crippen LogP contribution < -0.4 is 15.5 Å². The molecule has 0 aliphatic heterocycles. The number of thiocarbonyl (C=S) groups is 1. The zero-order chi connectivity index (χ0) is 17.5. The highest BCUT2D eigenvalue weighted by Crippen LogP contribution is 2.13. The summed E-state index contributed by atoms with van der Waals surface area (Å²) in [4.78, 5) is 1.31. The lowest BCUT2D eigenvalue weighted by molar-refractivity contribution is -0.890. The third-order valence-electron chi connectivity index (χ3n) is 4.08. The molecule has 3 nitrogen and oxygen atoms in total. The molecule has 0 spiro atoms. The minimum atomic E-state index is -0.313. The number of hydrogen-bond acceptors (Lipinski definition) is 1. The second-order valence-corrected chi connectivity index (χ2v) is 6.45. The summed E-state index contributed by atoms with van der Waals surface area (Å²) >= 11 is 5.29. The molecule has 0 heterocycles. The Balaban J connectivity index is 1.98.